The molecular formula is C37H49ClN2O5S. The number of hydrogen-bond donors (Lipinski definition) is 2. The van der Waals surface area contributed by atoms with E-state index in [1.54, 1.807) is 31.2 Å². The van der Waals surface area contributed by atoms with Crippen molar-refractivity contribution < 1.29 is 23.1 Å². The van der Waals surface area contributed by atoms with Crippen molar-refractivity contribution in [1.29, 1.82) is 0 Å². The lowest BCUT2D eigenvalue weighted by atomic mass is 9.68. The van der Waals surface area contributed by atoms with Gasteiger partial charge >= 0.3 is 0 Å². The third-order valence-corrected chi connectivity index (χ3v) is 12.7. The molecule has 2 aliphatic carbocycles. The average molecular weight is 669 g/mol. The van der Waals surface area contributed by atoms with E-state index in [9.17, 15) is 18.3 Å². The van der Waals surface area contributed by atoms with Crippen LogP contribution in [-0.4, -0.2) is 50.5 Å². The number of sulfonamides is 1. The molecule has 0 saturated heterocycles. The van der Waals surface area contributed by atoms with Gasteiger partial charge in [0.1, 0.15) is 5.75 Å². The molecule has 1 spiro atoms. The number of amides is 1. The molecule has 0 aromatic heterocycles. The molecular weight excluding hydrogens is 620 g/mol. The van der Waals surface area contributed by atoms with E-state index < -0.39 is 27.3 Å². The largest absolute Gasteiger partial charge is 0.490 e. The maximum Gasteiger partial charge on any atom is 0.264 e. The Morgan fingerprint density at radius 1 is 1.24 bits per heavy atom. The Kier molecular flexibility index (Phi) is 10.9. The zero-order valence-corrected chi connectivity index (χ0v) is 29.0. The van der Waals surface area contributed by atoms with Crippen LogP contribution in [0.3, 0.4) is 0 Å². The summed E-state index contributed by atoms with van der Waals surface area (Å²) in [4.78, 5) is 15.8. The summed E-state index contributed by atoms with van der Waals surface area (Å²) < 4.78 is 35.1. The summed E-state index contributed by atoms with van der Waals surface area (Å²) >= 11 is 6.41. The molecule has 9 heteroatoms. The van der Waals surface area contributed by atoms with Gasteiger partial charge in [-0.3, -0.25) is 4.79 Å². The van der Waals surface area contributed by atoms with Crippen LogP contribution in [0.1, 0.15) is 87.2 Å². The lowest BCUT2D eigenvalue weighted by Crippen LogP contribution is -2.49. The molecule has 3 aliphatic rings. The second kappa shape index (κ2) is 14.5. The fourth-order valence-electron chi connectivity index (χ4n) is 7.40. The van der Waals surface area contributed by atoms with Gasteiger partial charge in [0.2, 0.25) is 10.0 Å². The molecule has 1 saturated carbocycles. The molecule has 1 amide bonds. The topological polar surface area (TPSA) is 95.9 Å². The van der Waals surface area contributed by atoms with Gasteiger partial charge in [0, 0.05) is 29.1 Å². The summed E-state index contributed by atoms with van der Waals surface area (Å²) in [5.41, 5.74) is 3.26. The van der Waals surface area contributed by atoms with Gasteiger partial charge in [-0.25, -0.2) is 13.1 Å². The van der Waals surface area contributed by atoms with Crippen molar-refractivity contribution in [3.8, 4) is 5.75 Å². The molecule has 1 heterocycles. The number of aliphatic hydroxyl groups excluding tert-OH is 1. The van der Waals surface area contributed by atoms with Gasteiger partial charge in [-0.15, -0.1) is 6.58 Å². The number of hydrogen-bond acceptors (Lipinski definition) is 6. The lowest BCUT2D eigenvalue weighted by molar-refractivity contribution is 0.0456. The van der Waals surface area contributed by atoms with E-state index in [0.29, 0.717) is 31.9 Å². The highest BCUT2D eigenvalue weighted by molar-refractivity contribution is 7.90. The van der Waals surface area contributed by atoms with Crippen LogP contribution in [0, 0.1) is 17.8 Å². The average Bonchev–Trinajstić information content (AvgIpc) is 3.15. The molecule has 1 aliphatic heterocycles. The second-order valence-corrected chi connectivity index (χ2v) is 16.2. The van der Waals surface area contributed by atoms with Crippen LogP contribution in [0.25, 0.3) is 0 Å². The highest BCUT2D eigenvalue weighted by Gasteiger charge is 2.44. The van der Waals surface area contributed by atoms with E-state index in [-0.39, 0.29) is 28.7 Å². The highest BCUT2D eigenvalue weighted by atomic mass is 35.5. The molecule has 0 bridgehead atoms. The first-order valence-electron chi connectivity index (χ1n) is 16.8. The number of carbonyl (C=O) groups excluding carboxylic acids is 1. The third-order valence-electron chi connectivity index (χ3n) is 10.5. The zero-order chi connectivity index (χ0) is 33.1. The number of unbranched alkanes of at least 4 members (excludes halogenated alkanes) is 1. The Labute approximate surface area is 280 Å². The van der Waals surface area contributed by atoms with E-state index in [1.165, 1.54) is 11.1 Å². The summed E-state index contributed by atoms with van der Waals surface area (Å²) in [7, 11) is -3.91. The number of nitrogens with zero attached hydrogens (tertiary/aromatic N) is 1. The summed E-state index contributed by atoms with van der Waals surface area (Å²) in [6.45, 7) is 11.2. The van der Waals surface area contributed by atoms with E-state index >= 15 is 0 Å². The van der Waals surface area contributed by atoms with Crippen molar-refractivity contribution in [2.75, 3.05) is 24.6 Å². The van der Waals surface area contributed by atoms with Crippen LogP contribution >= 0.6 is 11.6 Å². The van der Waals surface area contributed by atoms with Gasteiger partial charge in [0.25, 0.3) is 5.91 Å². The minimum Gasteiger partial charge on any atom is -0.490 e. The first-order chi connectivity index (χ1) is 22.0. The maximum absolute atomic E-state index is 13.4. The van der Waals surface area contributed by atoms with Crippen LogP contribution < -0.4 is 14.4 Å². The van der Waals surface area contributed by atoms with E-state index in [1.807, 2.05) is 19.1 Å². The molecule has 2 N–H and O–H groups in total. The Hall–Kier alpha value is -2.81. The Balaban J connectivity index is 1.47. The molecule has 6 atom stereocenters. The van der Waals surface area contributed by atoms with Crippen molar-refractivity contribution in [3.05, 3.63) is 82.9 Å². The highest BCUT2D eigenvalue weighted by Crippen LogP contribution is 2.46. The van der Waals surface area contributed by atoms with Crippen molar-refractivity contribution in [2.24, 2.45) is 17.8 Å². The molecule has 1 fully saturated rings. The number of ether oxygens (including phenoxy) is 1. The molecule has 2 aromatic rings. The van der Waals surface area contributed by atoms with Gasteiger partial charge < -0.3 is 14.7 Å². The Morgan fingerprint density at radius 2 is 2.04 bits per heavy atom. The van der Waals surface area contributed by atoms with Crippen molar-refractivity contribution in [3.63, 3.8) is 0 Å². The summed E-state index contributed by atoms with van der Waals surface area (Å²) in [6.07, 6.45) is 12.7. The number of nitrogens with one attached hydrogen (secondary N) is 1. The number of halogens is 1. The molecule has 46 heavy (non-hydrogen) atoms. The molecule has 5 rings (SSSR count). The first kappa shape index (κ1) is 34.5. The number of carbonyl (C=O) groups is 1. The van der Waals surface area contributed by atoms with Crippen LogP contribution in [0.2, 0.25) is 5.02 Å². The standard InChI is InChI=1S/C37H49ClN2O5S/c1-5-7-8-12-34(41)31-16-13-29(31)22-40-23-37(19-9-11-27-20-30(38)15-17-32(27)37)24-45-35-18-14-28(21-33(35)40)36(42)39-46(43,44)26(4)25(3)10-6-2/h6,8,12,14-15,17-18,20-21,25-26,29,31,34,41H,2,5,7,9-11,13,16,19,22-24H2,1,3-4H3,(H,39,42)/b12-8+/t25?,26?,29-,31+,34?,37-/m0/s1. The number of fused-ring (bicyclic) bond motifs is 3. The van der Waals surface area contributed by atoms with Crippen molar-refractivity contribution in [2.45, 2.75) is 88.9 Å². The molecule has 2 aromatic carbocycles. The minimum absolute atomic E-state index is 0.157. The number of aliphatic hydroxyl groups is 1. The van der Waals surface area contributed by atoms with Gasteiger partial charge in [0.15, 0.2) is 0 Å². The number of aryl methyl sites for hydroxylation is 1. The lowest BCUT2D eigenvalue weighted by Gasteiger charge is -2.45. The van der Waals surface area contributed by atoms with Crippen LogP contribution in [0.4, 0.5) is 5.69 Å². The van der Waals surface area contributed by atoms with Gasteiger partial charge in [-0.2, -0.15) is 0 Å². The van der Waals surface area contributed by atoms with Crippen molar-refractivity contribution in [1.82, 2.24) is 4.72 Å². The second-order valence-electron chi connectivity index (χ2n) is 13.7. The number of benzene rings is 2. The first-order valence-corrected chi connectivity index (χ1v) is 18.7. The minimum atomic E-state index is -3.91. The van der Waals surface area contributed by atoms with E-state index in [4.69, 9.17) is 16.3 Å². The van der Waals surface area contributed by atoms with Gasteiger partial charge in [-0.05, 0) is 111 Å². The van der Waals surface area contributed by atoms with Gasteiger partial charge in [-0.1, -0.05) is 56.2 Å². The molecule has 0 radical (unpaired) electrons. The fourth-order valence-corrected chi connectivity index (χ4v) is 8.88. The zero-order valence-electron chi connectivity index (χ0n) is 27.4. The molecule has 250 valence electrons. The molecule has 7 nitrogen and oxygen atoms in total. The third kappa shape index (κ3) is 7.34. The van der Waals surface area contributed by atoms with Crippen LogP contribution in [0.15, 0.2) is 61.2 Å². The quantitative estimate of drug-likeness (QED) is 0.232. The van der Waals surface area contributed by atoms with E-state index in [2.05, 4.69) is 41.3 Å². The summed E-state index contributed by atoms with van der Waals surface area (Å²) in [5.74, 6) is 0.248. The smallest absolute Gasteiger partial charge is 0.264 e. The monoisotopic (exact) mass is 668 g/mol. The van der Waals surface area contributed by atoms with E-state index in [0.717, 1.165) is 55.7 Å². The number of anilines is 1. The SMILES string of the molecule is C=CCC(C)C(C)S(=O)(=O)NC(=O)c1ccc2c(c1)N(C[C@@H]1CC[C@H]1C(O)/C=C/CCC)C[C@@]1(CCCc3cc(Cl)ccc31)CO2. The summed E-state index contributed by atoms with van der Waals surface area (Å²) in [5, 5.41) is 11.0. The Morgan fingerprint density at radius 3 is 2.76 bits per heavy atom. The summed E-state index contributed by atoms with van der Waals surface area (Å²) in [6, 6.07) is 11.4. The normalized spacial score (nSPS) is 24.6. The van der Waals surface area contributed by atoms with Crippen molar-refractivity contribution >= 4 is 33.2 Å². The maximum atomic E-state index is 13.4. The fraction of sp³-hybridized carbons (Fsp3) is 0.541. The Bertz CT molecular complexity index is 1560. The predicted octanol–water partition coefficient (Wildman–Crippen LogP) is 7.22. The van der Waals surface area contributed by atoms with Crippen LogP contribution in [0.5, 0.6) is 5.75 Å². The number of rotatable bonds is 12. The molecule has 3 unspecified atom stereocenters. The predicted molar refractivity (Wildman–Crippen MR) is 186 cm³/mol. The van der Waals surface area contributed by atoms with Crippen LogP contribution in [-0.2, 0) is 21.9 Å². The number of allylic oxidation sites excluding steroid dienone is 2. The van der Waals surface area contributed by atoms with Gasteiger partial charge in [0.05, 0.1) is 23.6 Å².